The molecule has 0 radical (unpaired) electrons. The molecule has 0 spiro atoms. The first kappa shape index (κ1) is 15.0. The Morgan fingerprint density at radius 2 is 2.05 bits per heavy atom. The lowest BCUT2D eigenvalue weighted by Gasteiger charge is -2.14. The summed E-state index contributed by atoms with van der Waals surface area (Å²) in [5.41, 5.74) is 1.67. The van der Waals surface area contributed by atoms with Gasteiger partial charge in [0.2, 0.25) is 11.8 Å². The Labute approximate surface area is 123 Å². The first-order valence-corrected chi connectivity index (χ1v) is 6.67. The molecule has 0 aliphatic carbocycles. The summed E-state index contributed by atoms with van der Waals surface area (Å²) in [5, 5.41) is 12.2. The fourth-order valence-corrected chi connectivity index (χ4v) is 1.97. The molecule has 2 aromatic rings. The number of benzene rings is 1. The summed E-state index contributed by atoms with van der Waals surface area (Å²) in [6.07, 6.45) is 1.65. The SMILES string of the molecule is COc1ccc(CNC(=O)C(CO)c2ccccc2)cn1. The van der Waals surface area contributed by atoms with Crippen molar-refractivity contribution in [2.75, 3.05) is 13.7 Å². The summed E-state index contributed by atoms with van der Waals surface area (Å²) in [6.45, 7) is 0.135. The lowest BCUT2D eigenvalue weighted by Crippen LogP contribution is -2.30. The Morgan fingerprint density at radius 3 is 2.62 bits per heavy atom. The average Bonchev–Trinajstić information content (AvgIpc) is 2.55. The molecule has 0 aliphatic rings. The third kappa shape index (κ3) is 4.03. The normalized spacial score (nSPS) is 11.7. The monoisotopic (exact) mass is 286 g/mol. The summed E-state index contributed by atoms with van der Waals surface area (Å²) >= 11 is 0. The van der Waals surface area contributed by atoms with E-state index in [2.05, 4.69) is 10.3 Å². The van der Waals surface area contributed by atoms with E-state index in [1.54, 1.807) is 19.4 Å². The van der Waals surface area contributed by atoms with E-state index in [-0.39, 0.29) is 12.5 Å². The second-order valence-corrected chi connectivity index (χ2v) is 4.57. The van der Waals surface area contributed by atoms with Crippen molar-refractivity contribution >= 4 is 5.91 Å². The Balaban J connectivity index is 1.96. The molecule has 1 unspecified atom stereocenters. The lowest BCUT2D eigenvalue weighted by atomic mass is 9.99. The molecule has 0 fully saturated rings. The van der Waals surface area contributed by atoms with Gasteiger partial charge in [0.1, 0.15) is 0 Å². The number of carbonyl (C=O) groups excluding carboxylic acids is 1. The number of aliphatic hydroxyl groups excluding tert-OH is 1. The van der Waals surface area contributed by atoms with Crippen molar-refractivity contribution in [1.29, 1.82) is 0 Å². The minimum absolute atomic E-state index is 0.209. The van der Waals surface area contributed by atoms with Crippen LogP contribution in [-0.4, -0.2) is 29.7 Å². The van der Waals surface area contributed by atoms with E-state index in [0.717, 1.165) is 11.1 Å². The minimum Gasteiger partial charge on any atom is -0.481 e. The van der Waals surface area contributed by atoms with Crippen molar-refractivity contribution in [2.45, 2.75) is 12.5 Å². The molecule has 21 heavy (non-hydrogen) atoms. The van der Waals surface area contributed by atoms with Crippen molar-refractivity contribution in [1.82, 2.24) is 10.3 Å². The number of nitrogens with zero attached hydrogens (tertiary/aromatic N) is 1. The fourth-order valence-electron chi connectivity index (χ4n) is 1.97. The van der Waals surface area contributed by atoms with Gasteiger partial charge >= 0.3 is 0 Å². The third-order valence-electron chi connectivity index (χ3n) is 3.17. The van der Waals surface area contributed by atoms with E-state index >= 15 is 0 Å². The molecule has 2 rings (SSSR count). The Kier molecular flexibility index (Phi) is 5.29. The maximum Gasteiger partial charge on any atom is 0.230 e. The number of aliphatic hydroxyl groups is 1. The number of methoxy groups -OCH3 is 1. The van der Waals surface area contributed by atoms with Gasteiger partial charge in [-0.05, 0) is 11.1 Å². The van der Waals surface area contributed by atoms with Crippen LogP contribution in [0.1, 0.15) is 17.0 Å². The van der Waals surface area contributed by atoms with Crippen LogP contribution in [0.3, 0.4) is 0 Å². The fraction of sp³-hybridized carbons (Fsp3) is 0.250. The topological polar surface area (TPSA) is 71.5 Å². The number of rotatable bonds is 6. The predicted octanol–water partition coefficient (Wildman–Crippen LogP) is 1.48. The number of hydrogen-bond acceptors (Lipinski definition) is 4. The number of amides is 1. The first-order valence-electron chi connectivity index (χ1n) is 6.67. The molecule has 0 saturated carbocycles. The summed E-state index contributed by atoms with van der Waals surface area (Å²) < 4.78 is 4.98. The van der Waals surface area contributed by atoms with Crippen molar-refractivity contribution in [3.8, 4) is 5.88 Å². The van der Waals surface area contributed by atoms with E-state index in [4.69, 9.17) is 4.74 Å². The Hall–Kier alpha value is -2.40. The average molecular weight is 286 g/mol. The van der Waals surface area contributed by atoms with Crippen LogP contribution < -0.4 is 10.1 Å². The molecule has 1 heterocycles. The van der Waals surface area contributed by atoms with Crippen LogP contribution in [0.4, 0.5) is 0 Å². The highest BCUT2D eigenvalue weighted by atomic mass is 16.5. The molecular formula is C16H18N2O3. The van der Waals surface area contributed by atoms with Crippen molar-refractivity contribution in [2.24, 2.45) is 0 Å². The molecule has 1 aromatic carbocycles. The van der Waals surface area contributed by atoms with E-state index in [9.17, 15) is 9.90 Å². The molecular weight excluding hydrogens is 268 g/mol. The van der Waals surface area contributed by atoms with Crippen LogP contribution in [0.15, 0.2) is 48.7 Å². The standard InChI is InChI=1S/C16H18N2O3/c1-21-15-8-7-12(9-17-15)10-18-16(20)14(11-19)13-5-3-2-4-6-13/h2-9,14,19H,10-11H2,1H3,(H,18,20). The molecule has 2 N–H and O–H groups in total. The highest BCUT2D eigenvalue weighted by Gasteiger charge is 2.18. The van der Waals surface area contributed by atoms with E-state index < -0.39 is 5.92 Å². The second kappa shape index (κ2) is 7.40. The van der Waals surface area contributed by atoms with Crippen LogP contribution in [-0.2, 0) is 11.3 Å². The molecule has 0 saturated heterocycles. The maximum atomic E-state index is 12.2. The number of nitrogens with one attached hydrogen (secondary N) is 1. The summed E-state index contributed by atoms with van der Waals surface area (Å²) in [6, 6.07) is 12.8. The second-order valence-electron chi connectivity index (χ2n) is 4.57. The van der Waals surface area contributed by atoms with Gasteiger partial charge in [0.15, 0.2) is 0 Å². The lowest BCUT2D eigenvalue weighted by molar-refractivity contribution is -0.123. The molecule has 1 amide bonds. The van der Waals surface area contributed by atoms with Crippen LogP contribution in [0.5, 0.6) is 5.88 Å². The highest BCUT2D eigenvalue weighted by Crippen LogP contribution is 2.15. The van der Waals surface area contributed by atoms with Crippen molar-refractivity contribution in [3.63, 3.8) is 0 Å². The predicted molar refractivity (Wildman–Crippen MR) is 78.9 cm³/mol. The number of pyridine rings is 1. The summed E-state index contributed by atoms with van der Waals surface area (Å²) in [7, 11) is 1.55. The van der Waals surface area contributed by atoms with E-state index in [1.807, 2.05) is 36.4 Å². The van der Waals surface area contributed by atoms with Gasteiger partial charge in [0.05, 0.1) is 19.6 Å². The Morgan fingerprint density at radius 1 is 1.29 bits per heavy atom. The molecule has 0 aliphatic heterocycles. The summed E-state index contributed by atoms with van der Waals surface area (Å²) in [4.78, 5) is 16.2. The number of ether oxygens (including phenoxy) is 1. The van der Waals surface area contributed by atoms with Crippen molar-refractivity contribution < 1.29 is 14.6 Å². The largest absolute Gasteiger partial charge is 0.481 e. The molecule has 1 aromatic heterocycles. The zero-order valence-corrected chi connectivity index (χ0v) is 11.8. The minimum atomic E-state index is -0.558. The smallest absolute Gasteiger partial charge is 0.230 e. The van der Waals surface area contributed by atoms with Crippen LogP contribution >= 0.6 is 0 Å². The maximum absolute atomic E-state index is 12.2. The zero-order chi connectivity index (χ0) is 15.1. The Bertz CT molecular complexity index is 570. The van der Waals surface area contributed by atoms with Crippen LogP contribution in [0, 0.1) is 0 Å². The van der Waals surface area contributed by atoms with Crippen LogP contribution in [0.2, 0.25) is 0 Å². The highest BCUT2D eigenvalue weighted by molar-refractivity contribution is 5.83. The van der Waals surface area contributed by atoms with E-state index in [1.165, 1.54) is 0 Å². The zero-order valence-electron chi connectivity index (χ0n) is 11.8. The first-order chi connectivity index (χ1) is 10.2. The number of carbonyl (C=O) groups is 1. The molecule has 1 atom stereocenters. The summed E-state index contributed by atoms with van der Waals surface area (Å²) in [5.74, 6) is -0.237. The molecule has 110 valence electrons. The van der Waals surface area contributed by atoms with Crippen molar-refractivity contribution in [3.05, 3.63) is 59.8 Å². The van der Waals surface area contributed by atoms with Gasteiger partial charge < -0.3 is 15.2 Å². The third-order valence-corrected chi connectivity index (χ3v) is 3.17. The number of aromatic nitrogens is 1. The van der Waals surface area contributed by atoms with Crippen LogP contribution in [0.25, 0.3) is 0 Å². The van der Waals surface area contributed by atoms with Gasteiger partial charge in [-0.3, -0.25) is 4.79 Å². The van der Waals surface area contributed by atoms with Gasteiger partial charge in [-0.25, -0.2) is 4.98 Å². The number of hydrogen-bond donors (Lipinski definition) is 2. The quantitative estimate of drug-likeness (QED) is 0.844. The van der Waals surface area contributed by atoms with Gasteiger partial charge in [0.25, 0.3) is 0 Å². The van der Waals surface area contributed by atoms with Gasteiger partial charge in [-0.2, -0.15) is 0 Å². The van der Waals surface area contributed by atoms with Gasteiger partial charge in [-0.1, -0.05) is 36.4 Å². The van der Waals surface area contributed by atoms with E-state index in [0.29, 0.717) is 12.4 Å². The van der Waals surface area contributed by atoms with Gasteiger partial charge in [0, 0.05) is 18.8 Å². The molecule has 5 nitrogen and oxygen atoms in total. The molecule has 0 bridgehead atoms. The van der Waals surface area contributed by atoms with Gasteiger partial charge in [-0.15, -0.1) is 0 Å². The molecule has 5 heteroatoms.